The fourth-order valence-corrected chi connectivity index (χ4v) is 4.29. The largest absolute Gasteiger partial charge is 0.339 e. The van der Waals surface area contributed by atoms with E-state index in [1.807, 2.05) is 30.0 Å². The predicted octanol–water partition coefficient (Wildman–Crippen LogP) is 2.71. The zero-order valence-corrected chi connectivity index (χ0v) is 16.1. The third kappa shape index (κ3) is 3.78. The molecule has 2 amide bonds. The molecular weight excluding hydrogens is 352 g/mol. The number of nitrogens with one attached hydrogen (secondary N) is 2. The lowest BCUT2D eigenvalue weighted by atomic mass is 9.92. The van der Waals surface area contributed by atoms with Gasteiger partial charge in [0.2, 0.25) is 0 Å². The van der Waals surface area contributed by atoms with Crippen molar-refractivity contribution in [2.45, 2.75) is 19.8 Å². The first-order valence-electron chi connectivity index (χ1n) is 9.94. The van der Waals surface area contributed by atoms with Gasteiger partial charge in [0.15, 0.2) is 0 Å². The average Bonchev–Trinajstić information content (AvgIpc) is 3.08. The zero-order valence-electron chi connectivity index (χ0n) is 16.1. The monoisotopic (exact) mass is 378 g/mol. The maximum atomic E-state index is 13.3. The summed E-state index contributed by atoms with van der Waals surface area (Å²) in [4.78, 5) is 31.8. The maximum Gasteiger partial charge on any atom is 0.255 e. The summed E-state index contributed by atoms with van der Waals surface area (Å²) >= 11 is 0. The third-order valence-electron chi connectivity index (χ3n) is 5.99. The van der Waals surface area contributed by atoms with Gasteiger partial charge in [0.25, 0.3) is 11.8 Å². The molecule has 0 spiro atoms. The molecule has 28 heavy (non-hydrogen) atoms. The molecule has 0 bridgehead atoms. The molecule has 0 radical (unpaired) electrons. The van der Waals surface area contributed by atoms with Crippen LogP contribution < -0.4 is 10.6 Å². The first-order valence-corrected chi connectivity index (χ1v) is 9.94. The minimum absolute atomic E-state index is 0.00154. The molecule has 2 aliphatic heterocycles. The summed E-state index contributed by atoms with van der Waals surface area (Å²) < 4.78 is 0. The van der Waals surface area contributed by atoms with Gasteiger partial charge < -0.3 is 15.5 Å². The molecule has 2 atom stereocenters. The highest BCUT2D eigenvalue weighted by molar-refractivity contribution is 6.09. The number of para-hydroxylation sites is 1. The van der Waals surface area contributed by atoms with Crippen LogP contribution in [-0.2, 0) is 0 Å². The second-order valence-corrected chi connectivity index (χ2v) is 7.74. The van der Waals surface area contributed by atoms with E-state index in [2.05, 4.69) is 15.6 Å². The SMILES string of the molecule is Cc1cccc(C(=O)N2CC[C@@H]3CNC[C@@H]3CC2)c1NC(=O)c1ccncc1. The summed E-state index contributed by atoms with van der Waals surface area (Å²) in [6, 6.07) is 8.93. The molecule has 0 aliphatic carbocycles. The average molecular weight is 378 g/mol. The van der Waals surface area contributed by atoms with Gasteiger partial charge in [-0.25, -0.2) is 0 Å². The van der Waals surface area contributed by atoms with Crippen LogP contribution in [0.15, 0.2) is 42.7 Å². The van der Waals surface area contributed by atoms with Crippen molar-refractivity contribution in [3.63, 3.8) is 0 Å². The molecule has 1 aromatic carbocycles. The second-order valence-electron chi connectivity index (χ2n) is 7.74. The number of carbonyl (C=O) groups excluding carboxylic acids is 2. The van der Waals surface area contributed by atoms with Gasteiger partial charge in [0.05, 0.1) is 11.3 Å². The first-order chi connectivity index (χ1) is 13.6. The van der Waals surface area contributed by atoms with Crippen LogP contribution in [0.5, 0.6) is 0 Å². The molecule has 6 nitrogen and oxygen atoms in total. The summed E-state index contributed by atoms with van der Waals surface area (Å²) in [7, 11) is 0. The highest BCUT2D eigenvalue weighted by atomic mass is 16.2. The first kappa shape index (κ1) is 18.6. The van der Waals surface area contributed by atoms with E-state index in [-0.39, 0.29) is 11.8 Å². The highest BCUT2D eigenvalue weighted by Crippen LogP contribution is 2.29. The number of likely N-dealkylation sites (tertiary alicyclic amines) is 1. The molecule has 1 aromatic heterocycles. The Balaban J connectivity index is 1.55. The van der Waals surface area contributed by atoms with Gasteiger partial charge in [-0.05, 0) is 68.5 Å². The van der Waals surface area contributed by atoms with Crippen LogP contribution >= 0.6 is 0 Å². The number of nitrogens with zero attached hydrogens (tertiary/aromatic N) is 2. The molecule has 146 valence electrons. The molecule has 2 aliphatic rings. The quantitative estimate of drug-likeness (QED) is 0.861. The van der Waals surface area contributed by atoms with Crippen molar-refractivity contribution in [2.24, 2.45) is 11.8 Å². The van der Waals surface area contributed by atoms with E-state index in [1.165, 1.54) is 0 Å². The van der Waals surface area contributed by atoms with E-state index < -0.39 is 0 Å². The number of aryl methyl sites for hydroxylation is 1. The number of aromatic nitrogens is 1. The van der Waals surface area contributed by atoms with Crippen molar-refractivity contribution in [3.8, 4) is 0 Å². The second kappa shape index (κ2) is 8.10. The predicted molar refractivity (Wildman–Crippen MR) is 108 cm³/mol. The van der Waals surface area contributed by atoms with Gasteiger partial charge in [-0.15, -0.1) is 0 Å². The summed E-state index contributed by atoms with van der Waals surface area (Å²) in [5, 5.41) is 6.41. The number of hydrogen-bond acceptors (Lipinski definition) is 4. The van der Waals surface area contributed by atoms with E-state index in [1.54, 1.807) is 24.5 Å². The number of carbonyl (C=O) groups is 2. The number of anilines is 1. The summed E-state index contributed by atoms with van der Waals surface area (Å²) in [5.41, 5.74) is 2.56. The molecule has 4 rings (SSSR count). The number of hydrogen-bond donors (Lipinski definition) is 2. The summed E-state index contributed by atoms with van der Waals surface area (Å²) in [6.07, 6.45) is 5.24. The lowest BCUT2D eigenvalue weighted by Gasteiger charge is -2.23. The Morgan fingerprint density at radius 2 is 1.75 bits per heavy atom. The molecular formula is C22H26N4O2. The third-order valence-corrected chi connectivity index (χ3v) is 5.99. The van der Waals surface area contributed by atoms with Gasteiger partial charge in [-0.3, -0.25) is 14.6 Å². The fraction of sp³-hybridized carbons (Fsp3) is 0.409. The highest BCUT2D eigenvalue weighted by Gasteiger charge is 2.32. The van der Waals surface area contributed by atoms with Crippen LogP contribution in [0, 0.1) is 18.8 Å². The van der Waals surface area contributed by atoms with Crippen LogP contribution in [0.2, 0.25) is 0 Å². The van der Waals surface area contributed by atoms with Crippen LogP contribution in [0.25, 0.3) is 0 Å². The number of fused-ring (bicyclic) bond motifs is 1. The lowest BCUT2D eigenvalue weighted by molar-refractivity contribution is 0.0759. The smallest absolute Gasteiger partial charge is 0.255 e. The number of pyridine rings is 1. The van der Waals surface area contributed by atoms with E-state index in [0.717, 1.165) is 44.6 Å². The summed E-state index contributed by atoms with van der Waals surface area (Å²) in [5.74, 6) is 1.10. The Labute approximate surface area is 165 Å². The summed E-state index contributed by atoms with van der Waals surface area (Å²) in [6.45, 7) is 5.58. The van der Waals surface area contributed by atoms with Crippen LogP contribution in [0.1, 0.15) is 39.1 Å². The Bertz CT molecular complexity index is 854. The standard InChI is InChI=1S/C22H26N4O2/c1-15-3-2-4-19(20(15)25-21(27)16-5-9-23-10-6-16)22(28)26-11-7-17-13-24-14-18(17)8-12-26/h2-6,9-10,17-18,24H,7-8,11-14H2,1H3,(H,25,27)/t17-,18+. The van der Waals surface area contributed by atoms with Crippen LogP contribution in [-0.4, -0.2) is 47.9 Å². The molecule has 2 aromatic rings. The van der Waals surface area contributed by atoms with E-state index in [9.17, 15) is 9.59 Å². The van der Waals surface area contributed by atoms with Crippen molar-refractivity contribution in [1.82, 2.24) is 15.2 Å². The molecule has 3 heterocycles. The normalized spacial score (nSPS) is 21.7. The number of rotatable bonds is 3. The van der Waals surface area contributed by atoms with Gasteiger partial charge in [-0.1, -0.05) is 12.1 Å². The van der Waals surface area contributed by atoms with Gasteiger partial charge >= 0.3 is 0 Å². The van der Waals surface area contributed by atoms with E-state index in [4.69, 9.17) is 0 Å². The molecule has 2 saturated heterocycles. The zero-order chi connectivity index (χ0) is 19.5. The number of benzene rings is 1. The molecule has 2 N–H and O–H groups in total. The van der Waals surface area contributed by atoms with Crippen LogP contribution in [0.3, 0.4) is 0 Å². The van der Waals surface area contributed by atoms with E-state index in [0.29, 0.717) is 28.7 Å². The van der Waals surface area contributed by atoms with Gasteiger partial charge in [0.1, 0.15) is 0 Å². The van der Waals surface area contributed by atoms with Crippen molar-refractivity contribution < 1.29 is 9.59 Å². The van der Waals surface area contributed by atoms with Crippen molar-refractivity contribution in [1.29, 1.82) is 0 Å². The fourth-order valence-electron chi connectivity index (χ4n) is 4.29. The molecule has 0 unspecified atom stereocenters. The van der Waals surface area contributed by atoms with Gasteiger partial charge in [-0.2, -0.15) is 0 Å². The molecule has 6 heteroatoms. The van der Waals surface area contributed by atoms with Crippen molar-refractivity contribution in [2.75, 3.05) is 31.5 Å². The van der Waals surface area contributed by atoms with Gasteiger partial charge in [0, 0.05) is 31.0 Å². The van der Waals surface area contributed by atoms with Crippen molar-refractivity contribution >= 4 is 17.5 Å². The topological polar surface area (TPSA) is 74.3 Å². The minimum atomic E-state index is -0.234. The van der Waals surface area contributed by atoms with Crippen molar-refractivity contribution in [3.05, 3.63) is 59.4 Å². The Morgan fingerprint density at radius 1 is 1.07 bits per heavy atom. The van der Waals surface area contributed by atoms with E-state index >= 15 is 0 Å². The Morgan fingerprint density at radius 3 is 2.43 bits per heavy atom. The molecule has 2 fully saturated rings. The molecule has 0 saturated carbocycles. The van der Waals surface area contributed by atoms with Crippen LogP contribution in [0.4, 0.5) is 5.69 Å². The minimum Gasteiger partial charge on any atom is -0.339 e. The number of amides is 2. The maximum absolute atomic E-state index is 13.3. The Kier molecular flexibility index (Phi) is 5.39. The lowest BCUT2D eigenvalue weighted by Crippen LogP contribution is -2.33. The Hall–Kier alpha value is -2.73.